The van der Waals surface area contributed by atoms with Gasteiger partial charge in [-0.05, 0) is 60.9 Å². The Bertz CT molecular complexity index is 1340. The predicted molar refractivity (Wildman–Crippen MR) is 123 cm³/mol. The van der Waals surface area contributed by atoms with Crippen LogP contribution in [0.5, 0.6) is 0 Å². The van der Waals surface area contributed by atoms with Gasteiger partial charge in [0.1, 0.15) is 5.82 Å². The number of benzene rings is 3. The summed E-state index contributed by atoms with van der Waals surface area (Å²) < 4.78 is 43.2. The maximum Gasteiger partial charge on any atom is 0.265 e. The first kappa shape index (κ1) is 21.7. The summed E-state index contributed by atoms with van der Waals surface area (Å²) in [6.07, 6.45) is 1.64. The van der Waals surface area contributed by atoms with Gasteiger partial charge >= 0.3 is 0 Å². The van der Waals surface area contributed by atoms with Gasteiger partial charge in [0.25, 0.3) is 10.0 Å². The fourth-order valence-corrected chi connectivity index (χ4v) is 5.47. The van der Waals surface area contributed by atoms with Gasteiger partial charge in [-0.25, -0.2) is 12.8 Å². The molecule has 162 valence electrons. The van der Waals surface area contributed by atoms with Gasteiger partial charge in [0.05, 0.1) is 16.6 Å². The number of halogens is 1. The van der Waals surface area contributed by atoms with E-state index in [9.17, 15) is 17.6 Å². The van der Waals surface area contributed by atoms with E-state index in [2.05, 4.69) is 6.58 Å². The molecule has 4 nitrogen and oxygen atoms in total. The van der Waals surface area contributed by atoms with Crippen LogP contribution in [0.2, 0.25) is 0 Å². The topological polar surface area (TPSA) is 54.5 Å². The van der Waals surface area contributed by atoms with E-state index in [0.717, 1.165) is 5.56 Å². The van der Waals surface area contributed by atoms with Crippen LogP contribution in [-0.2, 0) is 14.8 Å². The Morgan fingerprint density at radius 1 is 1.00 bits per heavy atom. The largest absolute Gasteiger partial charge is 0.295 e. The van der Waals surface area contributed by atoms with Crippen molar-refractivity contribution in [1.82, 2.24) is 4.31 Å². The lowest BCUT2D eigenvalue weighted by Gasteiger charge is -2.39. The third-order valence-corrected chi connectivity index (χ3v) is 7.33. The summed E-state index contributed by atoms with van der Waals surface area (Å²) in [5.41, 5.74) is 3.01. The molecule has 4 rings (SSSR count). The molecular weight excluding hydrogens is 425 g/mol. The Hall–Kier alpha value is -3.51. The summed E-state index contributed by atoms with van der Waals surface area (Å²) in [4.78, 5) is 12.5. The van der Waals surface area contributed by atoms with Crippen LogP contribution in [0.1, 0.15) is 35.2 Å². The molecule has 3 aromatic carbocycles. The second-order valence-corrected chi connectivity index (χ2v) is 9.58. The molecule has 0 aliphatic carbocycles. The Morgan fingerprint density at radius 2 is 1.66 bits per heavy atom. The number of sulfonamides is 1. The number of hydrogen-bond donors (Lipinski definition) is 0. The van der Waals surface area contributed by atoms with Crippen LogP contribution in [-0.4, -0.2) is 18.5 Å². The molecule has 0 saturated heterocycles. The van der Waals surface area contributed by atoms with Crippen molar-refractivity contribution in [2.24, 2.45) is 0 Å². The third kappa shape index (κ3) is 3.78. The van der Waals surface area contributed by atoms with Crippen LogP contribution >= 0.6 is 0 Å². The minimum absolute atomic E-state index is 0.0943. The molecule has 3 aromatic rings. The van der Waals surface area contributed by atoms with Crippen LogP contribution in [0.15, 0.2) is 89.8 Å². The number of Topliss-reactive ketones (excluding diaryl/α,β-unsaturated/α-hetero) is 1. The second kappa shape index (κ2) is 8.20. The molecule has 32 heavy (non-hydrogen) atoms. The van der Waals surface area contributed by atoms with Crippen LogP contribution in [0, 0.1) is 12.7 Å². The summed E-state index contributed by atoms with van der Waals surface area (Å²) in [5, 5.41) is 0. The molecule has 6 heteroatoms. The molecule has 0 bridgehead atoms. The van der Waals surface area contributed by atoms with Crippen LogP contribution < -0.4 is 0 Å². The number of aryl methyl sites for hydroxylation is 1. The number of rotatable bonds is 5. The Morgan fingerprint density at radius 3 is 2.28 bits per heavy atom. The molecule has 1 atom stereocenters. The summed E-state index contributed by atoms with van der Waals surface area (Å²) in [5.74, 6) is -0.793. The number of carbonyl (C=O) groups is 1. The van der Waals surface area contributed by atoms with E-state index in [4.69, 9.17) is 0 Å². The van der Waals surface area contributed by atoms with Gasteiger partial charge in [-0.3, -0.25) is 9.10 Å². The molecule has 0 radical (unpaired) electrons. The van der Waals surface area contributed by atoms with E-state index in [-0.39, 0.29) is 16.3 Å². The third-order valence-electron chi connectivity index (χ3n) is 5.54. The fourth-order valence-electron chi connectivity index (χ4n) is 3.83. The quantitative estimate of drug-likeness (QED) is 0.484. The van der Waals surface area contributed by atoms with Crippen molar-refractivity contribution < 1.29 is 17.6 Å². The average Bonchev–Trinajstić information content (AvgIpc) is 2.78. The molecular formula is C26H22FNO3S. The summed E-state index contributed by atoms with van der Waals surface area (Å²) in [7, 11) is -4.10. The lowest BCUT2D eigenvalue weighted by molar-refractivity contribution is -0.114. The number of nitrogens with zero attached hydrogens (tertiary/aromatic N) is 1. The Labute approximate surface area is 187 Å². The van der Waals surface area contributed by atoms with Gasteiger partial charge in [0, 0.05) is 5.57 Å². The van der Waals surface area contributed by atoms with Crippen molar-refractivity contribution in [3.05, 3.63) is 113 Å². The SMILES string of the molecule is C=C(C(C)=O)[C@@H]1c2ccc(F)cc2C=C(c2ccccc2)N1S(=O)(=O)c1ccc(C)cc1. The van der Waals surface area contributed by atoms with Crippen LogP contribution in [0.3, 0.4) is 0 Å². The zero-order valence-corrected chi connectivity index (χ0v) is 18.6. The molecule has 1 aliphatic heterocycles. The standard InChI is InChI=1S/C26H22FNO3S/c1-17-9-12-23(13-10-17)32(30,31)28-25(20-7-5-4-6-8-20)16-21-15-22(27)11-14-24(21)26(28)18(2)19(3)29/h4-16,26H,2H2,1,3H3/t26-/m1/s1. The molecule has 1 heterocycles. The van der Waals surface area contributed by atoms with Gasteiger partial charge in [-0.1, -0.05) is 60.7 Å². The van der Waals surface area contributed by atoms with Gasteiger partial charge in [0.2, 0.25) is 0 Å². The van der Waals surface area contributed by atoms with Crippen molar-refractivity contribution in [1.29, 1.82) is 0 Å². The molecule has 0 saturated carbocycles. The number of fused-ring (bicyclic) bond motifs is 1. The lowest BCUT2D eigenvalue weighted by atomic mass is 9.88. The summed E-state index contributed by atoms with van der Waals surface area (Å²) in [6, 6.07) is 18.6. The first-order valence-corrected chi connectivity index (χ1v) is 11.5. The second-order valence-electron chi connectivity index (χ2n) is 7.77. The van der Waals surface area contributed by atoms with E-state index in [1.54, 1.807) is 54.6 Å². The Balaban J connectivity index is 2.04. The Kier molecular flexibility index (Phi) is 5.57. The highest BCUT2D eigenvalue weighted by molar-refractivity contribution is 7.89. The molecule has 0 fully saturated rings. The number of carbonyl (C=O) groups excluding carboxylic acids is 1. The van der Waals surface area contributed by atoms with E-state index in [0.29, 0.717) is 22.4 Å². The lowest BCUT2D eigenvalue weighted by Crippen LogP contribution is -2.38. The first-order chi connectivity index (χ1) is 15.2. The molecule has 0 spiro atoms. The van der Waals surface area contributed by atoms with Crippen molar-refractivity contribution in [2.45, 2.75) is 24.8 Å². The summed E-state index contributed by atoms with van der Waals surface area (Å²) in [6.45, 7) is 7.14. The van der Waals surface area contributed by atoms with Crippen LogP contribution in [0.4, 0.5) is 4.39 Å². The highest BCUT2D eigenvalue weighted by Crippen LogP contribution is 2.45. The van der Waals surface area contributed by atoms with Crippen molar-refractivity contribution >= 4 is 27.6 Å². The molecule has 0 amide bonds. The maximum absolute atomic E-state index is 14.1. The summed E-state index contributed by atoms with van der Waals surface area (Å²) >= 11 is 0. The van der Waals surface area contributed by atoms with E-state index in [1.807, 2.05) is 13.0 Å². The van der Waals surface area contributed by atoms with Gasteiger partial charge in [-0.2, -0.15) is 0 Å². The number of ketones is 1. The minimum Gasteiger partial charge on any atom is -0.295 e. The first-order valence-electron chi connectivity index (χ1n) is 10.1. The highest BCUT2D eigenvalue weighted by Gasteiger charge is 2.40. The molecule has 0 aromatic heterocycles. The van der Waals surface area contributed by atoms with E-state index >= 15 is 0 Å². The van der Waals surface area contributed by atoms with Crippen molar-refractivity contribution in [3.8, 4) is 0 Å². The predicted octanol–water partition coefficient (Wildman–Crippen LogP) is 5.52. The highest BCUT2D eigenvalue weighted by atomic mass is 32.2. The van der Waals surface area contributed by atoms with Crippen LogP contribution in [0.25, 0.3) is 11.8 Å². The van der Waals surface area contributed by atoms with E-state index in [1.165, 1.54) is 29.4 Å². The number of hydrogen-bond acceptors (Lipinski definition) is 3. The zero-order valence-electron chi connectivity index (χ0n) is 17.7. The average molecular weight is 448 g/mol. The van der Waals surface area contributed by atoms with Gasteiger partial charge < -0.3 is 0 Å². The van der Waals surface area contributed by atoms with Gasteiger partial charge in [-0.15, -0.1) is 0 Å². The molecule has 1 aliphatic rings. The van der Waals surface area contributed by atoms with Gasteiger partial charge in [0.15, 0.2) is 5.78 Å². The smallest absolute Gasteiger partial charge is 0.265 e. The van der Waals surface area contributed by atoms with Crippen molar-refractivity contribution in [2.75, 3.05) is 0 Å². The maximum atomic E-state index is 14.1. The molecule has 0 unspecified atom stereocenters. The normalized spacial score (nSPS) is 15.7. The van der Waals surface area contributed by atoms with Crippen molar-refractivity contribution in [3.63, 3.8) is 0 Å². The fraction of sp³-hybridized carbons (Fsp3) is 0.115. The molecule has 0 N–H and O–H groups in total. The zero-order chi connectivity index (χ0) is 23.0. The monoisotopic (exact) mass is 447 g/mol. The minimum atomic E-state index is -4.10. The van der Waals surface area contributed by atoms with E-state index < -0.39 is 21.9 Å².